The van der Waals surface area contributed by atoms with Gasteiger partial charge in [-0.3, -0.25) is 14.4 Å². The van der Waals surface area contributed by atoms with Crippen molar-refractivity contribution in [2.45, 2.75) is 19.8 Å². The van der Waals surface area contributed by atoms with Crippen molar-refractivity contribution in [1.82, 2.24) is 14.7 Å². The van der Waals surface area contributed by atoms with E-state index in [1.807, 2.05) is 44.3 Å². The molecule has 1 aromatic heterocycles. The van der Waals surface area contributed by atoms with Gasteiger partial charge in [0.25, 0.3) is 0 Å². The van der Waals surface area contributed by atoms with E-state index in [-0.39, 0.29) is 5.91 Å². The number of nitrogens with one attached hydrogen (secondary N) is 1. The summed E-state index contributed by atoms with van der Waals surface area (Å²) in [5.74, 6) is 2.60. The molecule has 0 radical (unpaired) electrons. The number of amides is 1. The topological polar surface area (TPSA) is 68.6 Å². The van der Waals surface area contributed by atoms with E-state index in [1.165, 1.54) is 0 Å². The SMILES string of the molecule is COc1cccc(OC[C@@H]2CCCN(CC(=O)Nc3cc(C)n(C)n3)C2)c1. The minimum absolute atomic E-state index is 0.0255. The molecule has 1 amide bonds. The molecule has 0 unspecified atom stereocenters. The quantitative estimate of drug-likeness (QED) is 0.809. The zero-order valence-electron chi connectivity index (χ0n) is 16.3. The summed E-state index contributed by atoms with van der Waals surface area (Å²) < 4.78 is 12.9. The van der Waals surface area contributed by atoms with Crippen LogP contribution in [0.25, 0.3) is 0 Å². The molecule has 2 aromatic rings. The first kappa shape index (κ1) is 19.2. The van der Waals surface area contributed by atoms with Gasteiger partial charge in [0.15, 0.2) is 5.82 Å². The van der Waals surface area contributed by atoms with Gasteiger partial charge in [0.1, 0.15) is 11.5 Å². The Balaban J connectivity index is 1.46. The largest absolute Gasteiger partial charge is 0.497 e. The summed E-state index contributed by atoms with van der Waals surface area (Å²) >= 11 is 0. The molecule has 0 bridgehead atoms. The number of piperidine rings is 1. The van der Waals surface area contributed by atoms with E-state index in [9.17, 15) is 4.79 Å². The third-order valence-corrected chi connectivity index (χ3v) is 4.88. The van der Waals surface area contributed by atoms with E-state index in [1.54, 1.807) is 11.8 Å². The average Bonchev–Trinajstić information content (AvgIpc) is 2.97. The lowest BCUT2D eigenvalue weighted by atomic mass is 9.99. The van der Waals surface area contributed by atoms with Crippen molar-refractivity contribution < 1.29 is 14.3 Å². The molecule has 1 fully saturated rings. The van der Waals surface area contributed by atoms with E-state index in [2.05, 4.69) is 15.3 Å². The van der Waals surface area contributed by atoms with Crippen molar-refractivity contribution in [3.05, 3.63) is 36.0 Å². The van der Waals surface area contributed by atoms with Gasteiger partial charge in [0.2, 0.25) is 5.91 Å². The summed E-state index contributed by atoms with van der Waals surface area (Å²) in [7, 11) is 3.51. The molecule has 1 N–H and O–H groups in total. The fraction of sp³-hybridized carbons (Fsp3) is 0.500. The first-order valence-electron chi connectivity index (χ1n) is 9.33. The normalized spacial score (nSPS) is 17.5. The van der Waals surface area contributed by atoms with Crippen LogP contribution in [0.5, 0.6) is 11.5 Å². The Morgan fingerprint density at radius 2 is 2.15 bits per heavy atom. The van der Waals surface area contributed by atoms with E-state index in [0.717, 1.165) is 43.1 Å². The number of ether oxygens (including phenoxy) is 2. The summed E-state index contributed by atoms with van der Waals surface area (Å²) in [5.41, 5.74) is 1.01. The van der Waals surface area contributed by atoms with Crippen LogP contribution in [-0.4, -0.2) is 53.9 Å². The van der Waals surface area contributed by atoms with Crippen LogP contribution in [0.4, 0.5) is 5.82 Å². The Kier molecular flexibility index (Phi) is 6.34. The number of nitrogens with zero attached hydrogens (tertiary/aromatic N) is 3. The van der Waals surface area contributed by atoms with Crippen LogP contribution < -0.4 is 14.8 Å². The molecule has 1 aromatic carbocycles. The number of methoxy groups -OCH3 is 1. The van der Waals surface area contributed by atoms with Gasteiger partial charge in [-0.25, -0.2) is 0 Å². The maximum atomic E-state index is 12.3. The summed E-state index contributed by atoms with van der Waals surface area (Å²) in [6, 6.07) is 9.52. The second-order valence-electron chi connectivity index (χ2n) is 7.08. The number of hydrogen-bond donors (Lipinski definition) is 1. The standard InChI is InChI=1S/C20H28N4O3/c1-15-10-19(22-23(15)2)21-20(25)13-24-9-5-6-16(12-24)14-27-18-8-4-7-17(11-18)26-3/h4,7-8,10-11,16H,5-6,9,12-14H2,1-3H3,(H,21,22,25)/t16-/m1/s1. The van der Waals surface area contributed by atoms with Gasteiger partial charge < -0.3 is 14.8 Å². The van der Waals surface area contributed by atoms with Crippen LogP contribution in [0, 0.1) is 12.8 Å². The number of aryl methyl sites for hydroxylation is 2. The molecule has 2 heterocycles. The summed E-state index contributed by atoms with van der Waals surface area (Å²) in [6.07, 6.45) is 2.18. The predicted molar refractivity (Wildman–Crippen MR) is 104 cm³/mol. The van der Waals surface area contributed by atoms with Crippen LogP contribution >= 0.6 is 0 Å². The highest BCUT2D eigenvalue weighted by molar-refractivity contribution is 5.91. The van der Waals surface area contributed by atoms with Gasteiger partial charge in [-0.2, -0.15) is 5.10 Å². The van der Waals surface area contributed by atoms with Gasteiger partial charge in [-0.15, -0.1) is 0 Å². The minimum Gasteiger partial charge on any atom is -0.497 e. The Hall–Kier alpha value is -2.54. The number of carbonyl (C=O) groups is 1. The molecule has 0 saturated carbocycles. The van der Waals surface area contributed by atoms with E-state index < -0.39 is 0 Å². The highest BCUT2D eigenvalue weighted by Gasteiger charge is 2.22. The van der Waals surface area contributed by atoms with Crippen LogP contribution in [0.3, 0.4) is 0 Å². The monoisotopic (exact) mass is 372 g/mol. The van der Waals surface area contributed by atoms with E-state index in [0.29, 0.717) is 24.9 Å². The molecule has 3 rings (SSSR count). The molecule has 1 saturated heterocycles. The molecular weight excluding hydrogens is 344 g/mol. The molecule has 1 aliphatic heterocycles. The van der Waals surface area contributed by atoms with Crippen molar-refractivity contribution in [2.75, 3.05) is 38.7 Å². The molecule has 1 atom stereocenters. The van der Waals surface area contributed by atoms with Crippen LogP contribution in [-0.2, 0) is 11.8 Å². The fourth-order valence-corrected chi connectivity index (χ4v) is 3.34. The second-order valence-corrected chi connectivity index (χ2v) is 7.08. The number of carbonyl (C=O) groups excluding carboxylic acids is 1. The number of benzene rings is 1. The molecule has 0 spiro atoms. The number of anilines is 1. The van der Waals surface area contributed by atoms with Crippen molar-refractivity contribution >= 4 is 11.7 Å². The summed E-state index contributed by atoms with van der Waals surface area (Å²) in [4.78, 5) is 14.5. The second kappa shape index (κ2) is 8.90. The molecule has 0 aliphatic carbocycles. The molecule has 1 aliphatic rings. The molecule has 7 heteroatoms. The smallest absolute Gasteiger partial charge is 0.239 e. The van der Waals surface area contributed by atoms with Crippen LogP contribution in [0.15, 0.2) is 30.3 Å². The predicted octanol–water partition coefficient (Wildman–Crippen LogP) is 2.47. The van der Waals surface area contributed by atoms with Crippen molar-refractivity contribution in [3.8, 4) is 11.5 Å². The number of likely N-dealkylation sites (tertiary alicyclic amines) is 1. The Morgan fingerprint density at radius 1 is 1.33 bits per heavy atom. The fourth-order valence-electron chi connectivity index (χ4n) is 3.34. The van der Waals surface area contributed by atoms with Crippen molar-refractivity contribution in [3.63, 3.8) is 0 Å². The van der Waals surface area contributed by atoms with Gasteiger partial charge in [0, 0.05) is 37.3 Å². The van der Waals surface area contributed by atoms with Crippen molar-refractivity contribution in [1.29, 1.82) is 0 Å². The number of rotatable bonds is 7. The average molecular weight is 372 g/mol. The lowest BCUT2D eigenvalue weighted by Crippen LogP contribution is -2.42. The minimum atomic E-state index is -0.0255. The first-order chi connectivity index (χ1) is 13.0. The maximum absolute atomic E-state index is 12.3. The van der Waals surface area contributed by atoms with Gasteiger partial charge in [-0.1, -0.05) is 6.07 Å². The van der Waals surface area contributed by atoms with Gasteiger partial charge in [0.05, 0.1) is 20.3 Å². The first-order valence-corrected chi connectivity index (χ1v) is 9.33. The van der Waals surface area contributed by atoms with Gasteiger partial charge in [-0.05, 0) is 38.4 Å². The molecule has 27 heavy (non-hydrogen) atoms. The van der Waals surface area contributed by atoms with Gasteiger partial charge >= 0.3 is 0 Å². The highest BCUT2D eigenvalue weighted by atomic mass is 16.5. The summed E-state index contributed by atoms with van der Waals surface area (Å²) in [5, 5.41) is 7.15. The zero-order valence-corrected chi connectivity index (χ0v) is 16.3. The Labute approximate surface area is 160 Å². The third kappa shape index (κ3) is 5.47. The third-order valence-electron chi connectivity index (χ3n) is 4.88. The lowest BCUT2D eigenvalue weighted by molar-refractivity contribution is -0.117. The Bertz CT molecular complexity index is 755. The maximum Gasteiger partial charge on any atom is 0.239 e. The number of hydrogen-bond acceptors (Lipinski definition) is 5. The molecular formula is C20H28N4O3. The van der Waals surface area contributed by atoms with Crippen LogP contribution in [0.2, 0.25) is 0 Å². The molecule has 146 valence electrons. The van der Waals surface area contributed by atoms with E-state index in [4.69, 9.17) is 9.47 Å². The molecule has 7 nitrogen and oxygen atoms in total. The van der Waals surface area contributed by atoms with E-state index >= 15 is 0 Å². The number of aromatic nitrogens is 2. The zero-order chi connectivity index (χ0) is 19.2. The van der Waals surface area contributed by atoms with Crippen molar-refractivity contribution in [2.24, 2.45) is 13.0 Å². The Morgan fingerprint density at radius 3 is 2.89 bits per heavy atom. The highest BCUT2D eigenvalue weighted by Crippen LogP contribution is 2.22. The van der Waals surface area contributed by atoms with Crippen LogP contribution in [0.1, 0.15) is 18.5 Å². The summed E-state index contributed by atoms with van der Waals surface area (Å²) in [6.45, 7) is 4.78. The lowest BCUT2D eigenvalue weighted by Gasteiger charge is -2.32.